The number of rotatable bonds is 5. The monoisotopic (exact) mass is 666 g/mol. The number of hydrogen-bond acceptors (Lipinski definition) is 4. The quantitative estimate of drug-likeness (QED) is 0.163. The molecule has 0 spiro atoms. The van der Waals surface area contributed by atoms with Gasteiger partial charge in [0.1, 0.15) is 29.1 Å². The molecule has 3 heterocycles. The van der Waals surface area contributed by atoms with Crippen molar-refractivity contribution in [3.63, 3.8) is 0 Å². The Bertz CT molecular complexity index is 2490. The number of amidine groups is 3. The molecular weight excluding hydrogens is 645 g/mol. The average Bonchev–Trinajstić information content (AvgIpc) is 3.65. The molecule has 2 aliphatic rings. The van der Waals surface area contributed by atoms with Crippen LogP contribution in [0.15, 0.2) is 93.8 Å². The van der Waals surface area contributed by atoms with Crippen LogP contribution in [0, 0.1) is 34.9 Å². The predicted molar refractivity (Wildman–Crippen MR) is 177 cm³/mol. The fraction of sp³-hybridized carbons (Fsp3) is 0.0571. The van der Waals surface area contributed by atoms with Crippen molar-refractivity contribution in [2.45, 2.75) is 6.54 Å². The lowest BCUT2D eigenvalue weighted by Crippen LogP contribution is -2.29. The third-order valence-electron chi connectivity index (χ3n) is 8.58. The highest BCUT2D eigenvalue weighted by Gasteiger charge is 2.30. The van der Waals surface area contributed by atoms with E-state index in [1.165, 1.54) is 12.5 Å². The SMILES string of the molecule is Bn1c(/N=C2\N=C(N)c3cc(F)c(F)cc32)c2cc(F)c(F)cc2c1/N=C1/c2cc(F)c(F)cc2CN1COc1cccc2ccccc12. The van der Waals surface area contributed by atoms with E-state index < -0.39 is 34.9 Å². The zero-order valence-electron chi connectivity index (χ0n) is 25.4. The molecule has 2 aliphatic heterocycles. The zero-order chi connectivity index (χ0) is 34.1. The Morgan fingerprint density at radius 2 is 1.29 bits per heavy atom. The van der Waals surface area contributed by atoms with Crippen molar-refractivity contribution in [2.24, 2.45) is 20.7 Å². The molecule has 8 rings (SSSR count). The molecule has 0 radical (unpaired) electrons. The highest BCUT2D eigenvalue weighted by Crippen LogP contribution is 2.40. The number of aromatic nitrogens is 1. The summed E-state index contributed by atoms with van der Waals surface area (Å²) in [4.78, 5) is 15.2. The van der Waals surface area contributed by atoms with E-state index in [0.717, 1.165) is 47.2 Å². The highest BCUT2D eigenvalue weighted by molar-refractivity contribution is 6.24. The molecule has 0 unspecified atom stereocenters. The van der Waals surface area contributed by atoms with Crippen molar-refractivity contribution < 1.29 is 31.1 Å². The number of aliphatic imine (C=N–C) groups is 3. The standard InChI is InChI=1S/C35H21BF6N6O/c36-48-34(45-32-21-11-27(40)26(39)10-20(21)31(43)44-32)22-12-28(41)29(42)13-23(22)35(48)46-33-19-9-25(38)24(37)8-17(19)14-47(33)15-49-30-7-3-5-16-4-1-2-6-18(16)30/h1-13H,14-15,36H2,(H2,43,44,45)/b46-33-. The average molecular weight is 666 g/mol. The fourth-order valence-corrected chi connectivity index (χ4v) is 6.20. The number of benzene rings is 5. The van der Waals surface area contributed by atoms with Gasteiger partial charge in [0.05, 0.1) is 0 Å². The molecule has 5 aromatic carbocycles. The molecule has 14 heteroatoms. The van der Waals surface area contributed by atoms with Gasteiger partial charge >= 0.3 is 0 Å². The van der Waals surface area contributed by atoms with Crippen LogP contribution in [0.25, 0.3) is 21.5 Å². The molecule has 2 N–H and O–H groups in total. The Morgan fingerprint density at radius 1 is 0.694 bits per heavy atom. The van der Waals surface area contributed by atoms with E-state index in [-0.39, 0.29) is 69.9 Å². The first kappa shape index (κ1) is 30.3. The van der Waals surface area contributed by atoms with Crippen molar-refractivity contribution in [1.29, 1.82) is 0 Å². The van der Waals surface area contributed by atoms with Crippen LogP contribution in [0.5, 0.6) is 5.75 Å². The first-order chi connectivity index (χ1) is 23.6. The normalized spacial score (nSPS) is 15.5. The Hall–Kier alpha value is -6.05. The maximum absolute atomic E-state index is 14.8. The van der Waals surface area contributed by atoms with Crippen LogP contribution in [0.1, 0.15) is 22.3 Å². The van der Waals surface area contributed by atoms with Gasteiger partial charge < -0.3 is 19.8 Å². The van der Waals surface area contributed by atoms with Gasteiger partial charge in [0.25, 0.3) is 0 Å². The lowest BCUT2D eigenvalue weighted by atomic mass is 10.1. The Morgan fingerprint density at radius 3 is 2.02 bits per heavy atom. The molecule has 0 fully saturated rings. The number of ether oxygens (including phenoxy) is 1. The van der Waals surface area contributed by atoms with Crippen molar-refractivity contribution >= 4 is 58.7 Å². The van der Waals surface area contributed by atoms with Crippen molar-refractivity contribution in [3.8, 4) is 5.75 Å². The summed E-state index contributed by atoms with van der Waals surface area (Å²) >= 11 is 0. The van der Waals surface area contributed by atoms with Gasteiger partial charge in [-0.15, -0.1) is 0 Å². The zero-order valence-corrected chi connectivity index (χ0v) is 25.4. The summed E-state index contributed by atoms with van der Waals surface area (Å²) in [5.41, 5.74) is 6.88. The number of nitrogens with zero attached hydrogens (tertiary/aromatic N) is 5. The van der Waals surface area contributed by atoms with Gasteiger partial charge in [-0.25, -0.2) is 41.3 Å². The van der Waals surface area contributed by atoms with Crippen molar-refractivity contribution in [3.05, 3.63) is 136 Å². The third-order valence-corrected chi connectivity index (χ3v) is 8.58. The predicted octanol–water partition coefficient (Wildman–Crippen LogP) is 6.75. The number of halogens is 6. The smallest absolute Gasteiger partial charge is 0.227 e. The molecule has 0 saturated heterocycles. The molecule has 242 valence electrons. The minimum absolute atomic E-state index is 0.0412. The molecular formula is C35H21BF6N6O. The van der Waals surface area contributed by atoms with Crippen molar-refractivity contribution in [2.75, 3.05) is 6.73 Å². The number of hydrogen-bond donors (Lipinski definition) is 1. The topological polar surface area (TPSA) is 80.5 Å². The van der Waals surface area contributed by atoms with E-state index in [2.05, 4.69) is 9.98 Å². The second-order valence-corrected chi connectivity index (χ2v) is 11.6. The van der Waals surface area contributed by atoms with E-state index in [0.29, 0.717) is 11.3 Å². The molecule has 49 heavy (non-hydrogen) atoms. The van der Waals surface area contributed by atoms with Crippen molar-refractivity contribution in [1.82, 2.24) is 9.38 Å². The van der Waals surface area contributed by atoms with Crippen LogP contribution in [0.2, 0.25) is 0 Å². The molecule has 0 bridgehead atoms. The molecule has 7 nitrogen and oxygen atoms in total. The van der Waals surface area contributed by atoms with Gasteiger partial charge in [-0.2, -0.15) is 0 Å². The van der Waals surface area contributed by atoms with E-state index >= 15 is 0 Å². The maximum Gasteiger partial charge on any atom is 0.227 e. The maximum atomic E-state index is 14.8. The van der Waals surface area contributed by atoms with Gasteiger partial charge in [-0.05, 0) is 53.4 Å². The number of nitrogens with two attached hydrogens (primary N) is 1. The van der Waals surface area contributed by atoms with Gasteiger partial charge in [-0.3, -0.25) is 0 Å². The second-order valence-electron chi connectivity index (χ2n) is 11.6. The fourth-order valence-electron chi connectivity index (χ4n) is 6.20. The summed E-state index contributed by atoms with van der Waals surface area (Å²) in [7, 11) is 1.53. The van der Waals surface area contributed by atoms with Crippen LogP contribution < -0.4 is 10.5 Å². The second kappa shape index (κ2) is 11.3. The van der Waals surface area contributed by atoms with Crippen LogP contribution in [0.4, 0.5) is 38.0 Å². The minimum Gasteiger partial charge on any atom is -0.472 e. The first-order valence-electron chi connectivity index (χ1n) is 14.9. The van der Waals surface area contributed by atoms with Crippen LogP contribution in [-0.4, -0.2) is 41.6 Å². The van der Waals surface area contributed by atoms with Gasteiger partial charge in [0.2, 0.25) is 7.98 Å². The van der Waals surface area contributed by atoms with E-state index in [1.807, 2.05) is 36.4 Å². The molecule has 1 aromatic heterocycles. The van der Waals surface area contributed by atoms with Crippen LogP contribution in [-0.2, 0) is 6.54 Å². The largest absolute Gasteiger partial charge is 0.472 e. The Balaban J connectivity index is 1.28. The summed E-state index contributed by atoms with van der Waals surface area (Å²) in [6.45, 7) is 0.0156. The van der Waals surface area contributed by atoms with E-state index in [1.54, 1.807) is 11.0 Å². The Kier molecular flexibility index (Phi) is 6.98. The molecule has 0 amide bonds. The summed E-state index contributed by atoms with van der Waals surface area (Å²) in [6.07, 6.45) is 0. The van der Waals surface area contributed by atoms with Crippen LogP contribution >= 0.6 is 0 Å². The summed E-state index contributed by atoms with van der Waals surface area (Å²) in [6, 6.07) is 19.0. The van der Waals surface area contributed by atoms with Gasteiger partial charge in [0.15, 0.2) is 47.5 Å². The summed E-state index contributed by atoms with van der Waals surface area (Å²) < 4.78 is 94.3. The molecule has 0 atom stereocenters. The lowest BCUT2D eigenvalue weighted by Gasteiger charge is -2.20. The van der Waals surface area contributed by atoms with Crippen LogP contribution in [0.3, 0.4) is 0 Å². The van der Waals surface area contributed by atoms with Gasteiger partial charge in [0, 0.05) is 39.4 Å². The van der Waals surface area contributed by atoms with E-state index in [9.17, 15) is 26.3 Å². The highest BCUT2D eigenvalue weighted by atomic mass is 19.2. The summed E-state index contributed by atoms with van der Waals surface area (Å²) in [5, 5.41) is 2.04. The van der Waals surface area contributed by atoms with Gasteiger partial charge in [-0.1, -0.05) is 36.4 Å². The first-order valence-corrected chi connectivity index (χ1v) is 14.9. The minimum atomic E-state index is -1.17. The molecule has 0 aliphatic carbocycles. The third kappa shape index (κ3) is 4.98. The lowest BCUT2D eigenvalue weighted by molar-refractivity contribution is 0.194. The molecule has 6 aromatic rings. The Labute approximate surface area is 274 Å². The summed E-state index contributed by atoms with van der Waals surface area (Å²) in [5.74, 6) is -6.09. The van der Waals surface area contributed by atoms with E-state index in [4.69, 9.17) is 15.5 Å². The molecule has 0 saturated carbocycles. The number of fused-ring (bicyclic) bond motifs is 4.